The predicted octanol–water partition coefficient (Wildman–Crippen LogP) is -3.50. The van der Waals surface area contributed by atoms with Crippen molar-refractivity contribution in [1.82, 2.24) is 0 Å². The van der Waals surface area contributed by atoms with Gasteiger partial charge in [0, 0.05) is 0 Å². The average Bonchev–Trinajstić information content (AvgIpc) is 1.64. The van der Waals surface area contributed by atoms with E-state index in [-0.39, 0.29) is 0 Å². The van der Waals surface area contributed by atoms with E-state index in [1.165, 1.54) is 0 Å². The van der Waals surface area contributed by atoms with Crippen LogP contribution in [0.1, 0.15) is 0 Å². The molecular weight excluding hydrogens is 132 g/mol. The average molecular weight is 138 g/mol. The summed E-state index contributed by atoms with van der Waals surface area (Å²) in [6.07, 6.45) is -0.618. The number of hydrogen-bond acceptors (Lipinski definition) is 6. The van der Waals surface area contributed by atoms with E-state index >= 15 is 0 Å². The van der Waals surface area contributed by atoms with Gasteiger partial charge in [0.25, 0.3) is 0 Å². The number of aliphatic hydroxyl groups is 5. The highest BCUT2D eigenvalue weighted by atomic mass is 16.7. The molecule has 0 unspecified atom stereocenters. The van der Waals surface area contributed by atoms with Gasteiger partial charge < -0.3 is 25.5 Å². The number of carbonyl (C=O) groups excluding carboxylic acids is 1. The van der Waals surface area contributed by atoms with E-state index in [0.29, 0.717) is 0 Å². The maximum Gasteiger partial charge on any atom is 0.340 e. The van der Waals surface area contributed by atoms with Gasteiger partial charge in [-0.15, -0.1) is 0 Å². The molecule has 0 aromatic rings. The molecule has 0 saturated heterocycles. The van der Waals surface area contributed by atoms with Gasteiger partial charge in [0.2, 0.25) is 0 Å². The zero-order chi connectivity index (χ0) is 7.71. The fraction of sp³-hybridized carbons (Fsp3) is 0.667. The molecule has 0 aromatic heterocycles. The minimum Gasteiger partial charge on any atom is -0.354 e. The van der Waals surface area contributed by atoms with Crippen LogP contribution in [-0.4, -0.2) is 43.6 Å². The fourth-order valence-electron chi connectivity index (χ4n) is 0.0791. The molecule has 0 rings (SSSR count). The standard InChI is InChI=1S/C3H6O6/c4-1-2(5,6)3(7,8)9/h1,5-9H. The molecule has 5 N–H and O–H groups in total. The van der Waals surface area contributed by atoms with Crippen LogP contribution in [0.15, 0.2) is 0 Å². The lowest BCUT2D eigenvalue weighted by atomic mass is 10.3. The molecule has 0 aliphatic heterocycles. The van der Waals surface area contributed by atoms with Crippen LogP contribution in [0.5, 0.6) is 0 Å². The van der Waals surface area contributed by atoms with Crippen LogP contribution in [0.2, 0.25) is 0 Å². The van der Waals surface area contributed by atoms with Crippen molar-refractivity contribution in [2.75, 3.05) is 0 Å². The lowest BCUT2D eigenvalue weighted by Crippen LogP contribution is -2.55. The summed E-state index contributed by atoms with van der Waals surface area (Å²) in [6.45, 7) is 0. The van der Waals surface area contributed by atoms with Crippen LogP contribution in [0, 0.1) is 0 Å². The third kappa shape index (κ3) is 1.70. The highest BCUT2D eigenvalue weighted by Crippen LogP contribution is 2.09. The summed E-state index contributed by atoms with van der Waals surface area (Å²) < 4.78 is 0. The Kier molecular flexibility index (Phi) is 1.89. The van der Waals surface area contributed by atoms with Crippen molar-refractivity contribution in [2.45, 2.75) is 11.8 Å². The van der Waals surface area contributed by atoms with Crippen LogP contribution in [-0.2, 0) is 4.79 Å². The van der Waals surface area contributed by atoms with Gasteiger partial charge in [-0.05, 0) is 0 Å². The van der Waals surface area contributed by atoms with Crippen molar-refractivity contribution >= 4 is 6.29 Å². The van der Waals surface area contributed by atoms with Gasteiger partial charge in [-0.1, -0.05) is 0 Å². The Morgan fingerprint density at radius 3 is 1.33 bits per heavy atom. The molecule has 6 nitrogen and oxygen atoms in total. The lowest BCUT2D eigenvalue weighted by molar-refractivity contribution is -0.425. The monoisotopic (exact) mass is 138 g/mol. The normalized spacial score (nSPS) is 13.4. The molecule has 0 aromatic carbocycles. The van der Waals surface area contributed by atoms with Crippen molar-refractivity contribution in [3.05, 3.63) is 0 Å². The largest absolute Gasteiger partial charge is 0.354 e. The summed E-state index contributed by atoms with van der Waals surface area (Å²) >= 11 is 0. The Bertz CT molecular complexity index is 110. The summed E-state index contributed by atoms with van der Waals surface area (Å²) in [7, 11) is 0. The minimum atomic E-state index is -3.81. The summed E-state index contributed by atoms with van der Waals surface area (Å²) in [6, 6.07) is 0. The number of hydrogen-bond donors (Lipinski definition) is 5. The Morgan fingerprint density at radius 1 is 1.00 bits per heavy atom. The summed E-state index contributed by atoms with van der Waals surface area (Å²) in [5.74, 6) is -7.35. The van der Waals surface area contributed by atoms with Crippen LogP contribution in [0.25, 0.3) is 0 Å². The molecule has 0 aliphatic carbocycles. The van der Waals surface area contributed by atoms with E-state index in [1.807, 2.05) is 0 Å². The van der Waals surface area contributed by atoms with Crippen molar-refractivity contribution in [3.63, 3.8) is 0 Å². The van der Waals surface area contributed by atoms with Crippen molar-refractivity contribution in [1.29, 1.82) is 0 Å². The predicted molar refractivity (Wildman–Crippen MR) is 22.6 cm³/mol. The zero-order valence-corrected chi connectivity index (χ0v) is 4.22. The van der Waals surface area contributed by atoms with Gasteiger partial charge in [0.1, 0.15) is 0 Å². The van der Waals surface area contributed by atoms with E-state index in [9.17, 15) is 4.79 Å². The first kappa shape index (κ1) is 8.47. The first-order chi connectivity index (χ1) is 3.81. The Hall–Kier alpha value is -0.530. The highest BCUT2D eigenvalue weighted by Gasteiger charge is 2.46. The van der Waals surface area contributed by atoms with Crippen LogP contribution in [0.4, 0.5) is 0 Å². The van der Waals surface area contributed by atoms with Gasteiger partial charge in [-0.25, -0.2) is 0 Å². The van der Waals surface area contributed by atoms with Gasteiger partial charge in [-0.2, -0.15) is 0 Å². The first-order valence-corrected chi connectivity index (χ1v) is 1.89. The molecule has 0 fully saturated rings. The quantitative estimate of drug-likeness (QED) is 0.199. The molecule has 0 aliphatic rings. The zero-order valence-electron chi connectivity index (χ0n) is 4.22. The summed E-state index contributed by atoms with van der Waals surface area (Å²) in [5.41, 5.74) is 0. The van der Waals surface area contributed by atoms with E-state index in [4.69, 9.17) is 25.5 Å². The van der Waals surface area contributed by atoms with Crippen molar-refractivity contribution < 1.29 is 30.3 Å². The van der Waals surface area contributed by atoms with Gasteiger partial charge in [0.05, 0.1) is 0 Å². The highest BCUT2D eigenvalue weighted by molar-refractivity contribution is 5.60. The van der Waals surface area contributed by atoms with Crippen LogP contribution in [0.3, 0.4) is 0 Å². The Morgan fingerprint density at radius 2 is 1.33 bits per heavy atom. The molecule has 0 atom stereocenters. The second kappa shape index (κ2) is 2.01. The second-order valence-electron chi connectivity index (χ2n) is 1.48. The first-order valence-electron chi connectivity index (χ1n) is 1.89. The Labute approximate surface area is 49.6 Å². The van der Waals surface area contributed by atoms with Gasteiger partial charge in [-0.3, -0.25) is 4.79 Å². The van der Waals surface area contributed by atoms with E-state index < -0.39 is 18.0 Å². The molecule has 6 heteroatoms. The molecule has 0 amide bonds. The number of carbonyl (C=O) groups is 1. The molecule has 0 saturated carbocycles. The number of rotatable bonds is 2. The molecule has 0 bridgehead atoms. The lowest BCUT2D eigenvalue weighted by Gasteiger charge is -2.23. The van der Waals surface area contributed by atoms with Crippen molar-refractivity contribution in [2.24, 2.45) is 0 Å². The molecule has 54 valence electrons. The van der Waals surface area contributed by atoms with Crippen LogP contribution < -0.4 is 0 Å². The number of aldehydes is 1. The summed E-state index contributed by atoms with van der Waals surface area (Å²) in [5, 5.41) is 40.0. The summed E-state index contributed by atoms with van der Waals surface area (Å²) in [4.78, 5) is 9.49. The van der Waals surface area contributed by atoms with Crippen LogP contribution >= 0.6 is 0 Å². The molecule has 0 radical (unpaired) electrons. The molecule has 0 heterocycles. The fourth-order valence-corrected chi connectivity index (χ4v) is 0.0791. The smallest absolute Gasteiger partial charge is 0.340 e. The van der Waals surface area contributed by atoms with E-state index in [2.05, 4.69) is 0 Å². The maximum absolute atomic E-state index is 9.49. The van der Waals surface area contributed by atoms with Gasteiger partial charge in [0.15, 0.2) is 6.29 Å². The molecule has 9 heavy (non-hydrogen) atoms. The molecule has 0 spiro atoms. The maximum atomic E-state index is 9.49. The second-order valence-corrected chi connectivity index (χ2v) is 1.48. The Balaban J connectivity index is 4.32. The third-order valence-electron chi connectivity index (χ3n) is 0.658. The molecular formula is C3H6O6. The topological polar surface area (TPSA) is 118 Å². The van der Waals surface area contributed by atoms with Gasteiger partial charge >= 0.3 is 11.8 Å². The SMILES string of the molecule is O=CC(O)(O)C(O)(O)O. The van der Waals surface area contributed by atoms with E-state index in [1.54, 1.807) is 0 Å². The van der Waals surface area contributed by atoms with Crippen molar-refractivity contribution in [3.8, 4) is 0 Å². The third-order valence-corrected chi connectivity index (χ3v) is 0.658. The van der Waals surface area contributed by atoms with E-state index in [0.717, 1.165) is 0 Å². The minimum absolute atomic E-state index is 0.618.